The predicted octanol–water partition coefficient (Wildman–Crippen LogP) is 2.25. The van der Waals surface area contributed by atoms with Gasteiger partial charge in [-0.3, -0.25) is 9.59 Å². The number of nitrogens with zero attached hydrogens (tertiary/aromatic N) is 4. The molecular formula is C23H28N6O3. The molecule has 1 aromatic carbocycles. The van der Waals surface area contributed by atoms with Gasteiger partial charge in [0.2, 0.25) is 5.91 Å². The number of imidazole rings is 1. The van der Waals surface area contributed by atoms with Gasteiger partial charge in [-0.1, -0.05) is 6.07 Å². The maximum Gasteiger partial charge on any atom is 0.254 e. The summed E-state index contributed by atoms with van der Waals surface area (Å²) in [7, 11) is 1.58. The summed E-state index contributed by atoms with van der Waals surface area (Å²) in [6.45, 7) is 5.32. The van der Waals surface area contributed by atoms with Crippen LogP contribution in [0.2, 0.25) is 0 Å². The molecule has 9 heteroatoms. The summed E-state index contributed by atoms with van der Waals surface area (Å²) >= 11 is 0. The van der Waals surface area contributed by atoms with Crippen LogP contribution in [0.5, 0.6) is 0 Å². The molecule has 1 saturated heterocycles. The fourth-order valence-corrected chi connectivity index (χ4v) is 4.02. The predicted molar refractivity (Wildman–Crippen MR) is 119 cm³/mol. The van der Waals surface area contributed by atoms with Gasteiger partial charge >= 0.3 is 0 Å². The number of H-pyrrole nitrogens is 1. The fourth-order valence-electron chi connectivity index (χ4n) is 4.02. The number of fused-ring (bicyclic) bond motifs is 1. The number of nitrogens with one attached hydrogen (secondary N) is 2. The summed E-state index contributed by atoms with van der Waals surface area (Å²) in [5, 5.41) is 2.59. The SMILES string of the molecule is CNC(=O)c1cnc([C@@H]2CCCN(C(=O)COCc3nc4ccc(C)cc4[nH]3)C2)nc1C. The van der Waals surface area contributed by atoms with Crippen molar-refractivity contribution in [3.05, 3.63) is 52.9 Å². The molecule has 32 heavy (non-hydrogen) atoms. The maximum atomic E-state index is 12.7. The molecule has 9 nitrogen and oxygen atoms in total. The van der Waals surface area contributed by atoms with E-state index in [1.807, 2.05) is 30.0 Å². The lowest BCUT2D eigenvalue weighted by Crippen LogP contribution is -2.41. The van der Waals surface area contributed by atoms with Gasteiger partial charge in [0.05, 0.1) is 22.3 Å². The van der Waals surface area contributed by atoms with E-state index in [2.05, 4.69) is 25.3 Å². The second kappa shape index (κ2) is 9.44. The van der Waals surface area contributed by atoms with Crippen molar-refractivity contribution < 1.29 is 14.3 Å². The highest BCUT2D eigenvalue weighted by atomic mass is 16.5. The molecule has 1 atom stereocenters. The highest BCUT2D eigenvalue weighted by molar-refractivity contribution is 5.94. The molecule has 0 radical (unpaired) electrons. The van der Waals surface area contributed by atoms with Gasteiger partial charge in [0.15, 0.2) is 0 Å². The number of rotatable bonds is 6. The normalized spacial score (nSPS) is 16.3. The average Bonchev–Trinajstić information content (AvgIpc) is 3.20. The Labute approximate surface area is 186 Å². The van der Waals surface area contributed by atoms with E-state index < -0.39 is 0 Å². The van der Waals surface area contributed by atoms with Gasteiger partial charge in [-0.05, 0) is 44.4 Å². The van der Waals surface area contributed by atoms with Crippen molar-refractivity contribution >= 4 is 22.8 Å². The fraction of sp³-hybridized carbons (Fsp3) is 0.435. The van der Waals surface area contributed by atoms with Crippen LogP contribution in [0.15, 0.2) is 24.4 Å². The van der Waals surface area contributed by atoms with Gasteiger partial charge in [0.1, 0.15) is 24.9 Å². The van der Waals surface area contributed by atoms with Crippen LogP contribution in [-0.2, 0) is 16.1 Å². The van der Waals surface area contributed by atoms with E-state index >= 15 is 0 Å². The Morgan fingerprint density at radius 3 is 2.91 bits per heavy atom. The molecule has 3 aromatic rings. The van der Waals surface area contributed by atoms with Crippen molar-refractivity contribution in [3.63, 3.8) is 0 Å². The lowest BCUT2D eigenvalue weighted by Gasteiger charge is -2.32. The number of amides is 2. The summed E-state index contributed by atoms with van der Waals surface area (Å²) in [5.74, 6) is 1.16. The van der Waals surface area contributed by atoms with Gasteiger partial charge in [-0.2, -0.15) is 0 Å². The Bertz CT molecular complexity index is 1140. The third-order valence-electron chi connectivity index (χ3n) is 5.76. The molecule has 4 rings (SSSR count). The first-order chi connectivity index (χ1) is 15.4. The highest BCUT2D eigenvalue weighted by Crippen LogP contribution is 2.25. The first-order valence-electron chi connectivity index (χ1n) is 10.8. The molecule has 0 bridgehead atoms. The Balaban J connectivity index is 1.33. The third kappa shape index (κ3) is 4.77. The van der Waals surface area contributed by atoms with E-state index in [9.17, 15) is 9.59 Å². The van der Waals surface area contributed by atoms with Crippen molar-refractivity contribution in [1.29, 1.82) is 0 Å². The van der Waals surface area contributed by atoms with Crippen LogP contribution in [0, 0.1) is 13.8 Å². The first kappa shape index (κ1) is 21.9. The molecule has 3 heterocycles. The Morgan fingerprint density at radius 2 is 2.12 bits per heavy atom. The number of hydrogen-bond acceptors (Lipinski definition) is 6. The topological polar surface area (TPSA) is 113 Å². The number of benzene rings is 1. The number of aromatic amines is 1. The number of piperidine rings is 1. The zero-order chi connectivity index (χ0) is 22.7. The Morgan fingerprint density at radius 1 is 1.28 bits per heavy atom. The molecule has 1 fully saturated rings. The van der Waals surface area contributed by atoms with E-state index in [0.29, 0.717) is 36.0 Å². The summed E-state index contributed by atoms with van der Waals surface area (Å²) in [4.78, 5) is 43.1. The van der Waals surface area contributed by atoms with E-state index in [0.717, 1.165) is 29.4 Å². The van der Waals surface area contributed by atoms with Crippen LogP contribution < -0.4 is 5.32 Å². The van der Waals surface area contributed by atoms with Crippen LogP contribution in [-0.4, -0.2) is 63.4 Å². The van der Waals surface area contributed by atoms with Crippen LogP contribution >= 0.6 is 0 Å². The minimum absolute atomic E-state index is 0.00170. The number of carbonyl (C=O) groups is 2. The van der Waals surface area contributed by atoms with Crippen LogP contribution in [0.25, 0.3) is 11.0 Å². The lowest BCUT2D eigenvalue weighted by molar-refractivity contribution is -0.137. The summed E-state index contributed by atoms with van der Waals surface area (Å²) in [6, 6.07) is 6.02. The van der Waals surface area contributed by atoms with Gasteiger partial charge in [0, 0.05) is 32.3 Å². The van der Waals surface area contributed by atoms with Crippen molar-refractivity contribution in [3.8, 4) is 0 Å². The van der Waals surface area contributed by atoms with E-state index in [4.69, 9.17) is 4.74 Å². The third-order valence-corrected chi connectivity index (χ3v) is 5.76. The Hall–Kier alpha value is -3.33. The molecule has 0 saturated carbocycles. The quantitative estimate of drug-likeness (QED) is 0.613. The minimum Gasteiger partial charge on any atom is -0.364 e. The van der Waals surface area contributed by atoms with Crippen molar-refractivity contribution in [2.75, 3.05) is 26.7 Å². The molecule has 0 unspecified atom stereocenters. The van der Waals surface area contributed by atoms with Gasteiger partial charge in [-0.25, -0.2) is 15.0 Å². The molecule has 2 aromatic heterocycles. The van der Waals surface area contributed by atoms with Gasteiger partial charge in [-0.15, -0.1) is 0 Å². The van der Waals surface area contributed by atoms with Crippen LogP contribution in [0.3, 0.4) is 0 Å². The lowest BCUT2D eigenvalue weighted by atomic mass is 9.97. The zero-order valence-electron chi connectivity index (χ0n) is 18.6. The van der Waals surface area contributed by atoms with Crippen LogP contribution in [0.1, 0.15) is 52.0 Å². The maximum absolute atomic E-state index is 12.7. The molecule has 0 aliphatic carbocycles. The van der Waals surface area contributed by atoms with Gasteiger partial charge in [0.25, 0.3) is 5.91 Å². The molecular weight excluding hydrogens is 408 g/mol. The minimum atomic E-state index is -0.203. The number of aromatic nitrogens is 4. The Kier molecular flexibility index (Phi) is 6.45. The number of hydrogen-bond donors (Lipinski definition) is 2. The van der Waals surface area contributed by atoms with E-state index in [1.54, 1.807) is 20.2 Å². The standard InChI is InChI=1S/C23H28N6O3/c1-14-6-7-18-19(9-14)28-20(27-18)12-32-13-21(30)29-8-4-5-16(11-29)22-25-10-17(15(2)26-22)23(31)24-3/h6-7,9-10,16H,4-5,8,11-13H2,1-3H3,(H,24,31)(H,27,28)/t16-/m1/s1. The van der Waals surface area contributed by atoms with Crippen molar-refractivity contribution in [2.45, 2.75) is 39.2 Å². The summed E-state index contributed by atoms with van der Waals surface area (Å²) < 4.78 is 5.65. The number of aryl methyl sites for hydroxylation is 2. The molecule has 168 valence electrons. The number of ether oxygens (including phenoxy) is 1. The van der Waals surface area contributed by atoms with Crippen LogP contribution in [0.4, 0.5) is 0 Å². The van der Waals surface area contributed by atoms with E-state index in [-0.39, 0.29) is 30.9 Å². The summed E-state index contributed by atoms with van der Waals surface area (Å²) in [5.41, 5.74) is 4.12. The average molecular weight is 437 g/mol. The zero-order valence-corrected chi connectivity index (χ0v) is 18.6. The smallest absolute Gasteiger partial charge is 0.254 e. The second-order valence-electron chi connectivity index (χ2n) is 8.18. The monoisotopic (exact) mass is 436 g/mol. The molecule has 1 aliphatic heterocycles. The number of carbonyl (C=O) groups excluding carboxylic acids is 2. The van der Waals surface area contributed by atoms with E-state index in [1.165, 1.54) is 0 Å². The molecule has 0 spiro atoms. The van der Waals surface area contributed by atoms with Crippen molar-refractivity contribution in [1.82, 2.24) is 30.2 Å². The number of likely N-dealkylation sites (tertiary alicyclic amines) is 1. The molecule has 1 aliphatic rings. The molecule has 2 amide bonds. The molecule has 2 N–H and O–H groups in total. The van der Waals surface area contributed by atoms with Gasteiger partial charge < -0.3 is 19.9 Å². The summed E-state index contributed by atoms with van der Waals surface area (Å²) in [6.07, 6.45) is 3.34. The largest absolute Gasteiger partial charge is 0.364 e. The second-order valence-corrected chi connectivity index (χ2v) is 8.18. The first-order valence-corrected chi connectivity index (χ1v) is 10.8. The van der Waals surface area contributed by atoms with Crippen molar-refractivity contribution in [2.24, 2.45) is 0 Å². The highest BCUT2D eigenvalue weighted by Gasteiger charge is 2.27.